The van der Waals surface area contributed by atoms with E-state index in [-0.39, 0.29) is 5.69 Å². The van der Waals surface area contributed by atoms with Gasteiger partial charge in [0.25, 0.3) is 0 Å². The molecule has 0 saturated carbocycles. The van der Waals surface area contributed by atoms with Crippen LogP contribution in [0.3, 0.4) is 0 Å². The summed E-state index contributed by atoms with van der Waals surface area (Å²) in [6, 6.07) is 1.99. The van der Waals surface area contributed by atoms with E-state index in [0.717, 1.165) is 6.07 Å². The molecule has 0 heterocycles. The summed E-state index contributed by atoms with van der Waals surface area (Å²) in [6.45, 7) is 3.50. The molecule has 4 heteroatoms. The van der Waals surface area contributed by atoms with E-state index in [0.29, 0.717) is 10.6 Å². The maximum absolute atomic E-state index is 12.9. The van der Waals surface area contributed by atoms with Gasteiger partial charge in [0.2, 0.25) is 0 Å². The lowest BCUT2D eigenvalue weighted by atomic mass is 10.3. The Morgan fingerprint density at radius 1 is 1.46 bits per heavy atom. The third-order valence-corrected chi connectivity index (χ3v) is 2.46. The highest BCUT2D eigenvalue weighted by Gasteiger charge is 2.07. The van der Waals surface area contributed by atoms with E-state index in [1.165, 1.54) is 17.8 Å². The van der Waals surface area contributed by atoms with Crippen molar-refractivity contribution < 1.29 is 8.78 Å². The van der Waals surface area contributed by atoms with Crippen molar-refractivity contribution in [3.05, 3.63) is 36.4 Å². The average molecular weight is 201 g/mol. The van der Waals surface area contributed by atoms with E-state index < -0.39 is 11.6 Å². The topological polar surface area (TPSA) is 26.0 Å². The van der Waals surface area contributed by atoms with Crippen LogP contribution in [0.15, 0.2) is 29.7 Å². The largest absolute Gasteiger partial charge is 0.395 e. The summed E-state index contributed by atoms with van der Waals surface area (Å²) in [4.78, 5) is 0.414. The summed E-state index contributed by atoms with van der Waals surface area (Å²) in [5.74, 6) is -0.752. The van der Waals surface area contributed by atoms with E-state index in [2.05, 4.69) is 6.58 Å². The highest BCUT2D eigenvalue weighted by atomic mass is 32.2. The van der Waals surface area contributed by atoms with Crippen LogP contribution in [-0.2, 0) is 0 Å². The molecule has 0 fully saturated rings. The summed E-state index contributed by atoms with van der Waals surface area (Å²) < 4.78 is 25.6. The Morgan fingerprint density at radius 2 is 2.15 bits per heavy atom. The first-order valence-electron chi connectivity index (χ1n) is 3.63. The second-order valence-corrected chi connectivity index (χ2v) is 3.46. The zero-order valence-corrected chi connectivity index (χ0v) is 7.70. The Kier molecular flexibility index (Phi) is 3.31. The Hall–Kier alpha value is -1.03. The second kappa shape index (κ2) is 4.28. The molecular formula is C9H9F2NS. The molecular weight excluding hydrogens is 192 g/mol. The molecule has 0 unspecified atom stereocenters. The minimum Gasteiger partial charge on any atom is -0.395 e. The van der Waals surface area contributed by atoms with Gasteiger partial charge in [0.1, 0.15) is 11.6 Å². The van der Waals surface area contributed by atoms with Crippen molar-refractivity contribution in [3.63, 3.8) is 0 Å². The van der Waals surface area contributed by atoms with Gasteiger partial charge in [0.15, 0.2) is 0 Å². The molecule has 0 amide bonds. The van der Waals surface area contributed by atoms with Crippen molar-refractivity contribution in [2.24, 2.45) is 0 Å². The van der Waals surface area contributed by atoms with Crippen molar-refractivity contribution in [3.8, 4) is 0 Å². The van der Waals surface area contributed by atoms with Crippen molar-refractivity contribution in [1.82, 2.24) is 0 Å². The van der Waals surface area contributed by atoms with Crippen LogP contribution in [0.25, 0.3) is 0 Å². The fourth-order valence-corrected chi connectivity index (χ4v) is 1.58. The van der Waals surface area contributed by atoms with Crippen LogP contribution in [0.5, 0.6) is 0 Å². The normalized spacial score (nSPS) is 10.0. The Labute approximate surface area is 79.6 Å². The van der Waals surface area contributed by atoms with E-state index in [1.807, 2.05) is 0 Å². The second-order valence-electron chi connectivity index (χ2n) is 2.40. The summed E-state index contributed by atoms with van der Waals surface area (Å²) in [5, 5.41) is 0. The summed E-state index contributed by atoms with van der Waals surface area (Å²) in [7, 11) is 0. The molecule has 1 rings (SSSR count). The number of hydrogen-bond donors (Lipinski definition) is 1. The van der Waals surface area contributed by atoms with Gasteiger partial charge in [0.05, 0.1) is 5.69 Å². The molecule has 0 aromatic heterocycles. The monoisotopic (exact) mass is 201 g/mol. The molecule has 0 aliphatic rings. The lowest BCUT2D eigenvalue weighted by Gasteiger charge is -2.04. The quantitative estimate of drug-likeness (QED) is 0.462. The Bertz CT molecular complexity index is 326. The van der Waals surface area contributed by atoms with Crippen LogP contribution in [0.2, 0.25) is 0 Å². The van der Waals surface area contributed by atoms with Crippen LogP contribution in [0.1, 0.15) is 0 Å². The lowest BCUT2D eigenvalue weighted by molar-refractivity contribution is 0.581. The van der Waals surface area contributed by atoms with Crippen molar-refractivity contribution in [2.75, 3.05) is 11.5 Å². The maximum atomic E-state index is 12.9. The molecule has 70 valence electrons. The maximum Gasteiger partial charge on any atom is 0.150 e. The number of nitrogen functional groups attached to an aromatic ring is 1. The van der Waals surface area contributed by atoms with Crippen LogP contribution < -0.4 is 5.73 Å². The highest BCUT2D eigenvalue weighted by Crippen LogP contribution is 2.28. The van der Waals surface area contributed by atoms with E-state index in [1.54, 1.807) is 6.08 Å². The molecule has 0 aliphatic carbocycles. The van der Waals surface area contributed by atoms with Crippen molar-refractivity contribution in [1.29, 1.82) is 0 Å². The van der Waals surface area contributed by atoms with Gasteiger partial charge in [-0.25, -0.2) is 8.78 Å². The third-order valence-electron chi connectivity index (χ3n) is 1.41. The molecule has 0 bridgehead atoms. The van der Waals surface area contributed by atoms with Crippen LogP contribution >= 0.6 is 11.8 Å². The van der Waals surface area contributed by atoms with Crippen molar-refractivity contribution in [2.45, 2.75) is 4.90 Å². The van der Waals surface area contributed by atoms with Crippen LogP contribution in [-0.4, -0.2) is 5.75 Å². The Morgan fingerprint density at radius 3 is 2.77 bits per heavy atom. The van der Waals surface area contributed by atoms with E-state index in [4.69, 9.17) is 5.73 Å². The number of anilines is 1. The van der Waals surface area contributed by atoms with E-state index in [9.17, 15) is 8.78 Å². The standard InChI is InChI=1S/C9H9F2NS/c1-2-3-13-8-5-6(10)4-7(11)9(8)12/h2,4-5H,1,3,12H2. The predicted octanol–water partition coefficient (Wildman–Crippen LogP) is 2.83. The number of benzene rings is 1. The van der Waals surface area contributed by atoms with Gasteiger partial charge in [-0.05, 0) is 6.07 Å². The van der Waals surface area contributed by atoms with Gasteiger partial charge < -0.3 is 5.73 Å². The van der Waals surface area contributed by atoms with Crippen LogP contribution in [0.4, 0.5) is 14.5 Å². The first-order chi connectivity index (χ1) is 6.15. The fraction of sp³-hybridized carbons (Fsp3) is 0.111. The number of hydrogen-bond acceptors (Lipinski definition) is 2. The average Bonchev–Trinajstić information content (AvgIpc) is 2.09. The molecule has 1 aromatic carbocycles. The highest BCUT2D eigenvalue weighted by molar-refractivity contribution is 7.99. The summed E-state index contributed by atoms with van der Waals surface area (Å²) in [5.41, 5.74) is 5.39. The summed E-state index contributed by atoms with van der Waals surface area (Å²) >= 11 is 1.25. The molecule has 0 aliphatic heterocycles. The minimum absolute atomic E-state index is 0.00625. The van der Waals surface area contributed by atoms with Gasteiger partial charge in [-0.1, -0.05) is 6.08 Å². The zero-order chi connectivity index (χ0) is 9.84. The molecule has 0 radical (unpaired) electrons. The molecule has 1 nitrogen and oxygen atoms in total. The first kappa shape index (κ1) is 10.1. The molecule has 13 heavy (non-hydrogen) atoms. The molecule has 0 spiro atoms. The minimum atomic E-state index is -0.716. The summed E-state index contributed by atoms with van der Waals surface area (Å²) in [6.07, 6.45) is 1.65. The third kappa shape index (κ3) is 2.45. The lowest BCUT2D eigenvalue weighted by Crippen LogP contribution is -1.95. The van der Waals surface area contributed by atoms with E-state index >= 15 is 0 Å². The van der Waals surface area contributed by atoms with Gasteiger partial charge in [-0.2, -0.15) is 0 Å². The SMILES string of the molecule is C=CCSc1cc(F)cc(F)c1N. The zero-order valence-electron chi connectivity index (χ0n) is 6.89. The number of nitrogens with two attached hydrogens (primary N) is 1. The first-order valence-corrected chi connectivity index (χ1v) is 4.62. The Balaban J connectivity index is 2.98. The van der Waals surface area contributed by atoms with Crippen molar-refractivity contribution >= 4 is 17.4 Å². The van der Waals surface area contributed by atoms with Gasteiger partial charge in [-0.3, -0.25) is 0 Å². The van der Waals surface area contributed by atoms with Gasteiger partial charge >= 0.3 is 0 Å². The predicted molar refractivity (Wildman–Crippen MR) is 51.7 cm³/mol. The molecule has 0 saturated heterocycles. The number of thioether (sulfide) groups is 1. The smallest absolute Gasteiger partial charge is 0.150 e. The van der Waals surface area contributed by atoms with Gasteiger partial charge in [-0.15, -0.1) is 18.3 Å². The molecule has 2 N–H and O–H groups in total. The van der Waals surface area contributed by atoms with Gasteiger partial charge in [0, 0.05) is 16.7 Å². The number of rotatable bonds is 3. The molecule has 0 atom stereocenters. The fourth-order valence-electron chi connectivity index (χ4n) is 0.829. The number of halogens is 2. The molecule has 1 aromatic rings. The van der Waals surface area contributed by atoms with Crippen LogP contribution in [0, 0.1) is 11.6 Å².